The summed E-state index contributed by atoms with van der Waals surface area (Å²) < 4.78 is 5.09. The van der Waals surface area contributed by atoms with Crippen LogP contribution in [0.3, 0.4) is 0 Å². The van der Waals surface area contributed by atoms with E-state index in [4.69, 9.17) is 4.74 Å². The van der Waals surface area contributed by atoms with Gasteiger partial charge in [-0.25, -0.2) is 0 Å². The lowest BCUT2D eigenvalue weighted by atomic mass is 10.2. The summed E-state index contributed by atoms with van der Waals surface area (Å²) in [6.45, 7) is 1.26. The largest absolute Gasteiger partial charge is 0.497 e. The van der Waals surface area contributed by atoms with E-state index in [1.165, 1.54) is 5.56 Å². The molecule has 4 heteroatoms. The molecule has 2 rings (SSSR count). The monoisotopic (exact) mass is 285 g/mol. The molecule has 0 heterocycles. The molecule has 0 saturated heterocycles. The molecule has 1 atom stereocenters. The molecule has 2 N–H and O–H groups in total. The molecule has 4 nitrogen and oxygen atoms in total. The maximum Gasteiger partial charge on any atom is 0.279 e. The van der Waals surface area contributed by atoms with Crippen LogP contribution < -0.4 is 15.0 Å². The molecule has 0 aromatic heterocycles. The van der Waals surface area contributed by atoms with Crippen LogP contribution in [0.4, 0.5) is 5.69 Å². The lowest BCUT2D eigenvalue weighted by molar-refractivity contribution is -0.885. The first-order chi connectivity index (χ1) is 10.2. The second-order valence-electron chi connectivity index (χ2n) is 5.07. The minimum absolute atomic E-state index is 0.00796. The molecule has 21 heavy (non-hydrogen) atoms. The minimum atomic E-state index is 0.00796. The molecular weight excluding hydrogens is 264 g/mol. The van der Waals surface area contributed by atoms with Crippen LogP contribution in [-0.2, 0) is 11.3 Å². The number of methoxy groups -OCH3 is 1. The van der Waals surface area contributed by atoms with Crippen LogP contribution in [0.2, 0.25) is 0 Å². The molecule has 1 unspecified atom stereocenters. The SMILES string of the molecule is COc1ccc(NC(=O)C[NH+](C)Cc2ccccc2)cc1. The number of likely N-dealkylation sites (N-methyl/N-ethyl adjacent to an activating group) is 1. The summed E-state index contributed by atoms with van der Waals surface area (Å²) in [4.78, 5) is 13.1. The van der Waals surface area contributed by atoms with Gasteiger partial charge in [-0.1, -0.05) is 30.3 Å². The summed E-state index contributed by atoms with van der Waals surface area (Å²) in [6, 6.07) is 17.5. The number of benzene rings is 2. The Hall–Kier alpha value is -2.33. The summed E-state index contributed by atoms with van der Waals surface area (Å²) in [5.74, 6) is 0.786. The molecular formula is C17H21N2O2+. The number of amides is 1. The average molecular weight is 285 g/mol. The van der Waals surface area contributed by atoms with Gasteiger partial charge in [-0.15, -0.1) is 0 Å². The van der Waals surface area contributed by atoms with Gasteiger partial charge in [0.15, 0.2) is 6.54 Å². The van der Waals surface area contributed by atoms with Crippen molar-refractivity contribution < 1.29 is 14.4 Å². The molecule has 2 aromatic rings. The van der Waals surface area contributed by atoms with E-state index in [0.717, 1.165) is 22.9 Å². The van der Waals surface area contributed by atoms with E-state index in [9.17, 15) is 4.79 Å². The third-order valence-electron chi connectivity index (χ3n) is 3.18. The highest BCUT2D eigenvalue weighted by Crippen LogP contribution is 2.14. The summed E-state index contributed by atoms with van der Waals surface area (Å²) in [7, 11) is 3.64. The number of rotatable bonds is 6. The van der Waals surface area contributed by atoms with E-state index in [-0.39, 0.29) is 5.91 Å². The quantitative estimate of drug-likeness (QED) is 0.841. The standard InChI is InChI=1S/C17H20N2O2/c1-19(12-14-6-4-3-5-7-14)13-17(20)18-15-8-10-16(21-2)11-9-15/h3-11H,12-13H2,1-2H3,(H,18,20)/p+1. The fourth-order valence-electron chi connectivity index (χ4n) is 2.16. The molecule has 0 aliphatic carbocycles. The number of hydrogen-bond acceptors (Lipinski definition) is 2. The Morgan fingerprint density at radius 2 is 1.76 bits per heavy atom. The minimum Gasteiger partial charge on any atom is -0.497 e. The van der Waals surface area contributed by atoms with Gasteiger partial charge in [0.25, 0.3) is 5.91 Å². The van der Waals surface area contributed by atoms with Gasteiger partial charge in [0, 0.05) is 11.3 Å². The highest BCUT2D eigenvalue weighted by molar-refractivity contribution is 5.91. The zero-order valence-corrected chi connectivity index (χ0v) is 12.4. The van der Waals surface area contributed by atoms with Crippen molar-refractivity contribution in [3.8, 4) is 5.75 Å². The number of quaternary nitrogens is 1. The maximum absolute atomic E-state index is 12.0. The molecule has 2 aromatic carbocycles. The molecule has 0 fully saturated rings. The molecule has 0 aliphatic heterocycles. The van der Waals surface area contributed by atoms with Gasteiger partial charge in [-0.3, -0.25) is 4.79 Å². The third kappa shape index (κ3) is 4.93. The van der Waals surface area contributed by atoms with Crippen molar-refractivity contribution in [3.05, 3.63) is 60.2 Å². The van der Waals surface area contributed by atoms with Crippen molar-refractivity contribution in [2.24, 2.45) is 0 Å². The highest BCUT2D eigenvalue weighted by atomic mass is 16.5. The fourth-order valence-corrected chi connectivity index (χ4v) is 2.16. The van der Waals surface area contributed by atoms with Crippen molar-refractivity contribution in [3.63, 3.8) is 0 Å². The number of carbonyl (C=O) groups is 1. The van der Waals surface area contributed by atoms with Crippen molar-refractivity contribution in [2.45, 2.75) is 6.54 Å². The highest BCUT2D eigenvalue weighted by Gasteiger charge is 2.10. The van der Waals surface area contributed by atoms with Crippen LogP contribution in [0.5, 0.6) is 5.75 Å². The van der Waals surface area contributed by atoms with Crippen molar-refractivity contribution in [1.82, 2.24) is 0 Å². The van der Waals surface area contributed by atoms with Gasteiger partial charge in [0.1, 0.15) is 12.3 Å². The Bertz CT molecular complexity index is 567. The van der Waals surface area contributed by atoms with E-state index in [1.807, 2.05) is 49.5 Å². The summed E-state index contributed by atoms with van der Waals surface area (Å²) in [6.07, 6.45) is 0. The normalized spacial score (nSPS) is 11.7. The molecule has 0 spiro atoms. The topological polar surface area (TPSA) is 42.8 Å². The molecule has 110 valence electrons. The molecule has 0 bridgehead atoms. The average Bonchev–Trinajstić information content (AvgIpc) is 2.48. The van der Waals surface area contributed by atoms with Crippen molar-refractivity contribution in [2.75, 3.05) is 26.0 Å². The van der Waals surface area contributed by atoms with Gasteiger partial charge >= 0.3 is 0 Å². The third-order valence-corrected chi connectivity index (χ3v) is 3.18. The fraction of sp³-hybridized carbons (Fsp3) is 0.235. The second-order valence-corrected chi connectivity index (χ2v) is 5.07. The Morgan fingerprint density at radius 3 is 2.38 bits per heavy atom. The first kappa shape index (κ1) is 15.1. The smallest absolute Gasteiger partial charge is 0.279 e. The molecule has 0 saturated carbocycles. The number of ether oxygens (including phenoxy) is 1. The zero-order valence-electron chi connectivity index (χ0n) is 12.4. The lowest BCUT2D eigenvalue weighted by Gasteiger charge is -2.14. The van der Waals surface area contributed by atoms with Gasteiger partial charge < -0.3 is 15.0 Å². The number of hydrogen-bond donors (Lipinski definition) is 2. The lowest BCUT2D eigenvalue weighted by Crippen LogP contribution is -3.08. The zero-order chi connectivity index (χ0) is 15.1. The second kappa shape index (κ2) is 7.45. The van der Waals surface area contributed by atoms with E-state index in [0.29, 0.717) is 6.54 Å². The Balaban J connectivity index is 1.83. The summed E-state index contributed by atoms with van der Waals surface area (Å²) in [5, 5.41) is 2.89. The van der Waals surface area contributed by atoms with Gasteiger partial charge in [-0.05, 0) is 24.3 Å². The van der Waals surface area contributed by atoms with Crippen LogP contribution >= 0.6 is 0 Å². The van der Waals surface area contributed by atoms with E-state index in [2.05, 4.69) is 17.4 Å². The number of nitrogens with one attached hydrogen (secondary N) is 2. The van der Waals surface area contributed by atoms with E-state index in [1.54, 1.807) is 7.11 Å². The molecule has 0 aliphatic rings. The maximum atomic E-state index is 12.0. The predicted octanol–water partition coefficient (Wildman–Crippen LogP) is 1.35. The first-order valence-corrected chi connectivity index (χ1v) is 6.96. The summed E-state index contributed by atoms with van der Waals surface area (Å²) >= 11 is 0. The van der Waals surface area contributed by atoms with Crippen LogP contribution in [0.1, 0.15) is 5.56 Å². The Kier molecular flexibility index (Phi) is 5.35. The van der Waals surface area contributed by atoms with Gasteiger partial charge in [0.2, 0.25) is 0 Å². The number of anilines is 1. The van der Waals surface area contributed by atoms with Crippen LogP contribution in [0, 0.1) is 0 Å². The van der Waals surface area contributed by atoms with E-state index >= 15 is 0 Å². The van der Waals surface area contributed by atoms with Crippen LogP contribution in [0.15, 0.2) is 54.6 Å². The van der Waals surface area contributed by atoms with Gasteiger partial charge in [0.05, 0.1) is 14.2 Å². The first-order valence-electron chi connectivity index (χ1n) is 6.96. The molecule has 0 radical (unpaired) electrons. The Labute approximate surface area is 125 Å². The van der Waals surface area contributed by atoms with Crippen molar-refractivity contribution >= 4 is 11.6 Å². The Morgan fingerprint density at radius 1 is 1.10 bits per heavy atom. The van der Waals surface area contributed by atoms with E-state index < -0.39 is 0 Å². The van der Waals surface area contributed by atoms with Crippen LogP contribution in [0.25, 0.3) is 0 Å². The van der Waals surface area contributed by atoms with Crippen molar-refractivity contribution in [1.29, 1.82) is 0 Å². The predicted molar refractivity (Wildman–Crippen MR) is 83.5 cm³/mol. The summed E-state index contributed by atoms with van der Waals surface area (Å²) in [5.41, 5.74) is 2.01. The molecule has 1 amide bonds. The van der Waals surface area contributed by atoms with Crippen LogP contribution in [-0.4, -0.2) is 26.6 Å². The van der Waals surface area contributed by atoms with Gasteiger partial charge in [-0.2, -0.15) is 0 Å². The number of carbonyl (C=O) groups excluding carboxylic acids is 1.